The number of nitrogens with zero attached hydrogens (tertiary/aromatic N) is 3. The fourth-order valence-electron chi connectivity index (χ4n) is 2.96. The van der Waals surface area contributed by atoms with Gasteiger partial charge in [0.2, 0.25) is 0 Å². The van der Waals surface area contributed by atoms with Crippen molar-refractivity contribution in [1.29, 1.82) is 0 Å². The fourth-order valence-corrected chi connectivity index (χ4v) is 2.96. The number of nitrogens with one attached hydrogen (secondary N) is 1. The molecule has 1 aliphatic carbocycles. The number of ether oxygens (including phenoxy) is 1. The molecule has 1 heterocycles. The van der Waals surface area contributed by atoms with Crippen molar-refractivity contribution < 1.29 is 4.74 Å². The highest BCUT2D eigenvalue weighted by molar-refractivity contribution is 5.05. The Balaban J connectivity index is 1.79. The maximum absolute atomic E-state index is 5.82. The van der Waals surface area contributed by atoms with Gasteiger partial charge in [0.1, 0.15) is 12.2 Å². The van der Waals surface area contributed by atoms with Gasteiger partial charge in [-0.1, -0.05) is 13.8 Å². The predicted molar refractivity (Wildman–Crippen MR) is 74.9 cm³/mol. The van der Waals surface area contributed by atoms with Crippen LogP contribution in [-0.4, -0.2) is 40.1 Å². The summed E-state index contributed by atoms with van der Waals surface area (Å²) >= 11 is 0. The molecule has 1 fully saturated rings. The lowest BCUT2D eigenvalue weighted by Crippen LogP contribution is -2.62. The van der Waals surface area contributed by atoms with E-state index in [1.165, 1.54) is 0 Å². The third-order valence-electron chi connectivity index (χ3n) is 4.66. The molecule has 0 amide bonds. The van der Waals surface area contributed by atoms with Crippen LogP contribution in [0.5, 0.6) is 0 Å². The van der Waals surface area contributed by atoms with Crippen molar-refractivity contribution in [3.05, 3.63) is 12.2 Å². The predicted octanol–water partition coefficient (Wildman–Crippen LogP) is 1.54. The van der Waals surface area contributed by atoms with Crippen molar-refractivity contribution in [2.24, 2.45) is 12.5 Å². The first-order valence-corrected chi connectivity index (χ1v) is 7.29. The Morgan fingerprint density at radius 2 is 2.32 bits per heavy atom. The van der Waals surface area contributed by atoms with Crippen LogP contribution in [0.4, 0.5) is 0 Å². The molecule has 108 valence electrons. The van der Waals surface area contributed by atoms with Gasteiger partial charge in [-0.15, -0.1) is 10.2 Å². The second-order valence-corrected chi connectivity index (χ2v) is 5.65. The molecule has 0 saturated heterocycles. The van der Waals surface area contributed by atoms with Crippen LogP contribution >= 0.6 is 0 Å². The van der Waals surface area contributed by atoms with Gasteiger partial charge in [-0.2, -0.15) is 0 Å². The quantitative estimate of drug-likeness (QED) is 0.813. The van der Waals surface area contributed by atoms with Crippen molar-refractivity contribution >= 4 is 0 Å². The Morgan fingerprint density at radius 3 is 2.89 bits per heavy atom. The Hall–Kier alpha value is -0.940. The molecule has 1 aromatic rings. The van der Waals surface area contributed by atoms with Gasteiger partial charge in [0.05, 0.1) is 6.10 Å². The highest BCUT2D eigenvalue weighted by atomic mass is 16.5. The van der Waals surface area contributed by atoms with Crippen molar-refractivity contribution in [2.45, 2.75) is 52.2 Å². The highest BCUT2D eigenvalue weighted by Gasteiger charge is 2.50. The van der Waals surface area contributed by atoms with Crippen molar-refractivity contribution in [3.8, 4) is 0 Å². The zero-order valence-electron chi connectivity index (χ0n) is 12.5. The minimum Gasteiger partial charge on any atom is -0.378 e. The van der Waals surface area contributed by atoms with Gasteiger partial charge in [0.15, 0.2) is 0 Å². The zero-order chi connectivity index (χ0) is 13.9. The summed E-state index contributed by atoms with van der Waals surface area (Å²) in [5.41, 5.74) is 0.274. The van der Waals surface area contributed by atoms with Crippen molar-refractivity contribution in [2.75, 3.05) is 13.2 Å². The summed E-state index contributed by atoms with van der Waals surface area (Å²) in [5, 5.41) is 11.7. The molecule has 2 rings (SSSR count). The maximum Gasteiger partial charge on any atom is 0.133 e. The summed E-state index contributed by atoms with van der Waals surface area (Å²) in [7, 11) is 1.99. The van der Waals surface area contributed by atoms with Crippen LogP contribution in [0.1, 0.15) is 39.4 Å². The lowest BCUT2D eigenvalue weighted by molar-refractivity contribution is -0.125. The monoisotopic (exact) mass is 266 g/mol. The van der Waals surface area contributed by atoms with Crippen LogP contribution in [0.3, 0.4) is 0 Å². The van der Waals surface area contributed by atoms with E-state index in [0.29, 0.717) is 12.1 Å². The van der Waals surface area contributed by atoms with Crippen molar-refractivity contribution in [1.82, 2.24) is 20.1 Å². The Kier molecular flexibility index (Phi) is 4.58. The molecule has 1 N–H and O–H groups in total. The van der Waals surface area contributed by atoms with Crippen LogP contribution in [0.2, 0.25) is 0 Å². The van der Waals surface area contributed by atoms with Gasteiger partial charge in [-0.05, 0) is 19.8 Å². The van der Waals surface area contributed by atoms with E-state index >= 15 is 0 Å². The van der Waals surface area contributed by atoms with E-state index in [0.717, 1.165) is 38.2 Å². The summed E-state index contributed by atoms with van der Waals surface area (Å²) in [6.07, 6.45) is 5.36. The Bertz CT molecular complexity index is 406. The minimum atomic E-state index is 0.274. The first-order chi connectivity index (χ1) is 9.11. The fraction of sp³-hybridized carbons (Fsp3) is 0.857. The number of rotatable bonds is 7. The van der Waals surface area contributed by atoms with Gasteiger partial charge in [0, 0.05) is 38.1 Å². The van der Waals surface area contributed by atoms with E-state index in [1.54, 1.807) is 6.33 Å². The second-order valence-electron chi connectivity index (χ2n) is 5.65. The van der Waals surface area contributed by atoms with Crippen LogP contribution in [-0.2, 0) is 18.2 Å². The van der Waals surface area contributed by atoms with Gasteiger partial charge in [-0.3, -0.25) is 0 Å². The van der Waals surface area contributed by atoms with E-state index in [4.69, 9.17) is 4.74 Å². The standard InChI is InChI=1S/C14H26N4O/c1-5-14(3)11(9-12(14)19-6-2)15-8-7-13-17-16-10-18(13)4/h10-12,15H,5-9H2,1-4H3. The Morgan fingerprint density at radius 1 is 1.53 bits per heavy atom. The lowest BCUT2D eigenvalue weighted by Gasteiger charge is -2.53. The number of aromatic nitrogens is 3. The molecule has 19 heavy (non-hydrogen) atoms. The van der Waals surface area contributed by atoms with Crippen LogP contribution < -0.4 is 5.32 Å². The first kappa shape index (κ1) is 14.5. The number of aryl methyl sites for hydroxylation is 1. The average Bonchev–Trinajstić information content (AvgIpc) is 2.81. The molecule has 0 aromatic carbocycles. The molecule has 0 aliphatic heterocycles. The molecule has 1 aliphatic rings. The van der Waals surface area contributed by atoms with Gasteiger partial charge < -0.3 is 14.6 Å². The van der Waals surface area contributed by atoms with Gasteiger partial charge in [0.25, 0.3) is 0 Å². The summed E-state index contributed by atoms with van der Waals surface area (Å²) in [5.74, 6) is 1.03. The molecule has 0 spiro atoms. The highest BCUT2D eigenvalue weighted by Crippen LogP contribution is 2.45. The minimum absolute atomic E-state index is 0.274. The van der Waals surface area contributed by atoms with Gasteiger partial charge >= 0.3 is 0 Å². The normalized spacial score (nSPS) is 30.3. The third-order valence-corrected chi connectivity index (χ3v) is 4.66. The number of hydrogen-bond donors (Lipinski definition) is 1. The van der Waals surface area contributed by atoms with Gasteiger partial charge in [-0.25, -0.2) is 0 Å². The van der Waals surface area contributed by atoms with E-state index in [2.05, 4.69) is 36.3 Å². The SMILES string of the molecule is CCOC1CC(NCCc2nncn2C)C1(C)CC. The Labute approximate surface area is 115 Å². The molecule has 3 atom stereocenters. The molecule has 5 nitrogen and oxygen atoms in total. The smallest absolute Gasteiger partial charge is 0.133 e. The van der Waals surface area contributed by atoms with Crippen LogP contribution in [0.15, 0.2) is 6.33 Å². The van der Waals surface area contributed by atoms with E-state index < -0.39 is 0 Å². The first-order valence-electron chi connectivity index (χ1n) is 7.29. The molecule has 0 bridgehead atoms. The topological polar surface area (TPSA) is 52.0 Å². The van der Waals surface area contributed by atoms with Crippen LogP contribution in [0, 0.1) is 5.41 Å². The molecule has 1 saturated carbocycles. The maximum atomic E-state index is 5.82. The number of hydrogen-bond acceptors (Lipinski definition) is 4. The van der Waals surface area contributed by atoms with Crippen LogP contribution in [0.25, 0.3) is 0 Å². The second kappa shape index (κ2) is 6.01. The molecule has 1 aromatic heterocycles. The molecule has 0 radical (unpaired) electrons. The molecule has 5 heteroatoms. The largest absolute Gasteiger partial charge is 0.378 e. The average molecular weight is 266 g/mol. The zero-order valence-corrected chi connectivity index (χ0v) is 12.5. The molecular weight excluding hydrogens is 240 g/mol. The summed E-state index contributed by atoms with van der Waals surface area (Å²) in [6, 6.07) is 0.558. The molecule has 3 unspecified atom stereocenters. The third kappa shape index (κ3) is 2.82. The lowest BCUT2D eigenvalue weighted by atomic mass is 9.61. The van der Waals surface area contributed by atoms with E-state index in [-0.39, 0.29) is 5.41 Å². The van der Waals surface area contributed by atoms with Crippen molar-refractivity contribution in [3.63, 3.8) is 0 Å². The van der Waals surface area contributed by atoms with E-state index in [1.807, 2.05) is 11.6 Å². The summed E-state index contributed by atoms with van der Waals surface area (Å²) in [6.45, 7) is 8.42. The summed E-state index contributed by atoms with van der Waals surface area (Å²) < 4.78 is 7.80. The van der Waals surface area contributed by atoms with E-state index in [9.17, 15) is 0 Å². The summed E-state index contributed by atoms with van der Waals surface area (Å²) in [4.78, 5) is 0. The molecular formula is C14H26N4O.